The van der Waals surface area contributed by atoms with Crippen LogP contribution in [-0.2, 0) is 9.53 Å². The van der Waals surface area contributed by atoms with Crippen LogP contribution in [0.5, 0.6) is 0 Å². The second-order valence-electron chi connectivity index (χ2n) is 5.93. The number of nitrogens with one attached hydrogen (secondary N) is 1. The van der Waals surface area contributed by atoms with Crippen LogP contribution in [0.2, 0.25) is 0 Å². The Balaban J connectivity index is 1.97. The zero-order chi connectivity index (χ0) is 17.3. The first-order valence-corrected chi connectivity index (χ1v) is 7.48. The Morgan fingerprint density at radius 1 is 1.43 bits per heavy atom. The molecule has 0 radical (unpaired) electrons. The van der Waals surface area contributed by atoms with Crippen molar-refractivity contribution in [2.75, 3.05) is 11.9 Å². The third-order valence-corrected chi connectivity index (χ3v) is 4.41. The van der Waals surface area contributed by atoms with Gasteiger partial charge in [0.05, 0.1) is 0 Å². The fraction of sp³-hybridized carbons (Fsp3) is 0.500. The molecule has 2 amide bonds. The number of benzene rings is 1. The minimum absolute atomic E-state index is 0.00255. The largest absolute Gasteiger partial charge is 0.438 e. The van der Waals surface area contributed by atoms with Gasteiger partial charge in [-0.05, 0) is 38.5 Å². The standard InChI is InChI=1S/C16H21FN2O4/c1-4-15(2)16(3,22)19(14(21)23-15)9-8-13(20)18-12-7-5-6-11(17)10-12/h5-7,10,22H,4,8-9H2,1-3H3,(H,18,20)/t15-,16+/m1/s1. The second-order valence-corrected chi connectivity index (χ2v) is 5.93. The highest BCUT2D eigenvalue weighted by Crippen LogP contribution is 2.39. The maximum Gasteiger partial charge on any atom is 0.412 e. The Morgan fingerprint density at radius 3 is 2.70 bits per heavy atom. The number of hydrogen-bond donors (Lipinski definition) is 2. The molecule has 2 rings (SSSR count). The van der Waals surface area contributed by atoms with Gasteiger partial charge in [0.15, 0.2) is 11.3 Å². The third kappa shape index (κ3) is 3.29. The van der Waals surface area contributed by atoms with Crippen LogP contribution in [0, 0.1) is 5.82 Å². The van der Waals surface area contributed by atoms with E-state index in [-0.39, 0.29) is 18.9 Å². The number of aliphatic hydroxyl groups is 1. The van der Waals surface area contributed by atoms with Crippen LogP contribution in [0.1, 0.15) is 33.6 Å². The fourth-order valence-electron chi connectivity index (χ4n) is 2.53. The molecule has 6 nitrogen and oxygen atoms in total. The van der Waals surface area contributed by atoms with Crippen molar-refractivity contribution >= 4 is 17.7 Å². The van der Waals surface area contributed by atoms with Crippen molar-refractivity contribution in [2.45, 2.75) is 44.9 Å². The van der Waals surface area contributed by atoms with E-state index >= 15 is 0 Å². The van der Waals surface area contributed by atoms with E-state index in [1.807, 2.05) is 6.92 Å². The predicted molar refractivity (Wildman–Crippen MR) is 82.2 cm³/mol. The van der Waals surface area contributed by atoms with E-state index in [9.17, 15) is 19.1 Å². The molecule has 2 atom stereocenters. The number of ether oxygens (including phenoxy) is 1. The molecule has 126 valence electrons. The lowest BCUT2D eigenvalue weighted by molar-refractivity contribution is -0.139. The summed E-state index contributed by atoms with van der Waals surface area (Å²) in [5.41, 5.74) is -2.19. The molecule has 2 N–H and O–H groups in total. The van der Waals surface area contributed by atoms with Gasteiger partial charge in [-0.15, -0.1) is 0 Å². The van der Waals surface area contributed by atoms with Crippen LogP contribution in [0.15, 0.2) is 24.3 Å². The highest BCUT2D eigenvalue weighted by Gasteiger charge is 2.58. The van der Waals surface area contributed by atoms with Gasteiger partial charge in [-0.1, -0.05) is 13.0 Å². The first-order chi connectivity index (χ1) is 10.7. The number of halogens is 1. The van der Waals surface area contributed by atoms with Crippen LogP contribution < -0.4 is 5.32 Å². The molecule has 1 aliphatic rings. The zero-order valence-electron chi connectivity index (χ0n) is 13.4. The third-order valence-electron chi connectivity index (χ3n) is 4.41. The fourth-order valence-corrected chi connectivity index (χ4v) is 2.53. The van der Waals surface area contributed by atoms with E-state index in [4.69, 9.17) is 4.74 Å². The van der Waals surface area contributed by atoms with E-state index in [1.165, 1.54) is 25.1 Å². The highest BCUT2D eigenvalue weighted by atomic mass is 19.1. The topological polar surface area (TPSA) is 78.9 Å². The Morgan fingerprint density at radius 2 is 2.13 bits per heavy atom. The quantitative estimate of drug-likeness (QED) is 0.872. The lowest BCUT2D eigenvalue weighted by Gasteiger charge is -2.36. The van der Waals surface area contributed by atoms with Gasteiger partial charge in [0.1, 0.15) is 5.82 Å². The van der Waals surface area contributed by atoms with E-state index in [1.54, 1.807) is 13.0 Å². The molecule has 0 bridgehead atoms. The summed E-state index contributed by atoms with van der Waals surface area (Å²) in [5, 5.41) is 13.1. The molecule has 1 aliphatic heterocycles. The van der Waals surface area contributed by atoms with Gasteiger partial charge in [-0.25, -0.2) is 9.18 Å². The van der Waals surface area contributed by atoms with Gasteiger partial charge in [0.2, 0.25) is 5.91 Å². The molecular weight excluding hydrogens is 303 g/mol. The predicted octanol–water partition coefficient (Wildman–Crippen LogP) is 2.48. The minimum Gasteiger partial charge on any atom is -0.438 e. The van der Waals surface area contributed by atoms with Crippen LogP contribution >= 0.6 is 0 Å². The average Bonchev–Trinajstić information content (AvgIpc) is 2.63. The number of carbonyl (C=O) groups excluding carboxylic acids is 2. The summed E-state index contributed by atoms with van der Waals surface area (Å²) in [6.07, 6.45) is -0.253. The molecule has 1 heterocycles. The van der Waals surface area contributed by atoms with Gasteiger partial charge in [0.25, 0.3) is 0 Å². The average molecular weight is 324 g/mol. The van der Waals surface area contributed by atoms with Gasteiger partial charge < -0.3 is 15.2 Å². The Labute approximate surface area is 134 Å². The maximum atomic E-state index is 13.1. The van der Waals surface area contributed by atoms with Crippen LogP contribution in [0.4, 0.5) is 14.9 Å². The zero-order valence-corrected chi connectivity index (χ0v) is 13.4. The Hall–Kier alpha value is -2.15. The molecule has 0 aromatic heterocycles. The molecule has 1 aromatic rings. The van der Waals surface area contributed by atoms with Gasteiger partial charge in [-0.3, -0.25) is 9.69 Å². The number of anilines is 1. The van der Waals surface area contributed by atoms with Crippen molar-refractivity contribution in [2.24, 2.45) is 0 Å². The molecule has 7 heteroatoms. The molecular formula is C16H21FN2O4. The minimum atomic E-state index is -1.50. The maximum absolute atomic E-state index is 13.1. The second kappa shape index (κ2) is 6.16. The SMILES string of the molecule is CC[C@@]1(C)OC(=O)N(CCC(=O)Nc2cccc(F)c2)[C@@]1(C)O. The van der Waals surface area contributed by atoms with Crippen molar-refractivity contribution in [3.63, 3.8) is 0 Å². The van der Waals surface area contributed by atoms with Crippen molar-refractivity contribution < 1.29 is 23.8 Å². The van der Waals surface area contributed by atoms with E-state index < -0.39 is 23.2 Å². The summed E-state index contributed by atoms with van der Waals surface area (Å²) < 4.78 is 18.3. The van der Waals surface area contributed by atoms with E-state index in [0.717, 1.165) is 4.90 Å². The normalized spacial score (nSPS) is 27.0. The van der Waals surface area contributed by atoms with Crippen molar-refractivity contribution in [1.82, 2.24) is 4.90 Å². The number of rotatable bonds is 5. The first-order valence-electron chi connectivity index (χ1n) is 7.48. The Kier molecular flexibility index (Phi) is 4.61. The molecule has 0 aliphatic carbocycles. The number of amides is 2. The van der Waals surface area contributed by atoms with Crippen LogP contribution in [0.25, 0.3) is 0 Å². The van der Waals surface area contributed by atoms with Gasteiger partial charge in [0, 0.05) is 18.7 Å². The lowest BCUT2D eigenvalue weighted by Crippen LogP contribution is -2.55. The van der Waals surface area contributed by atoms with E-state index in [0.29, 0.717) is 12.1 Å². The summed E-state index contributed by atoms with van der Waals surface area (Å²) in [6, 6.07) is 5.53. The number of carbonyl (C=O) groups is 2. The van der Waals surface area contributed by atoms with Crippen molar-refractivity contribution in [1.29, 1.82) is 0 Å². The summed E-state index contributed by atoms with van der Waals surface area (Å²) in [7, 11) is 0. The summed E-state index contributed by atoms with van der Waals surface area (Å²) in [4.78, 5) is 25.0. The number of hydrogen-bond acceptors (Lipinski definition) is 4. The van der Waals surface area contributed by atoms with Crippen LogP contribution in [-0.4, -0.2) is 39.9 Å². The number of cyclic esters (lactones) is 1. The molecule has 23 heavy (non-hydrogen) atoms. The summed E-state index contributed by atoms with van der Waals surface area (Å²) in [5.74, 6) is -0.836. The Bertz CT molecular complexity index is 620. The molecule has 0 unspecified atom stereocenters. The molecule has 1 aromatic carbocycles. The number of nitrogens with zero attached hydrogens (tertiary/aromatic N) is 1. The van der Waals surface area contributed by atoms with Crippen molar-refractivity contribution in [3.05, 3.63) is 30.1 Å². The van der Waals surface area contributed by atoms with Crippen LogP contribution in [0.3, 0.4) is 0 Å². The lowest BCUT2D eigenvalue weighted by atomic mass is 9.91. The monoisotopic (exact) mass is 324 g/mol. The van der Waals surface area contributed by atoms with Gasteiger partial charge in [-0.2, -0.15) is 0 Å². The molecule has 0 spiro atoms. The molecule has 1 fully saturated rings. The molecule has 1 saturated heterocycles. The summed E-state index contributed by atoms with van der Waals surface area (Å²) in [6.45, 7) is 4.95. The smallest absolute Gasteiger partial charge is 0.412 e. The first kappa shape index (κ1) is 17.2. The molecule has 0 saturated carbocycles. The highest BCUT2D eigenvalue weighted by molar-refractivity contribution is 5.91. The summed E-state index contributed by atoms with van der Waals surface area (Å²) >= 11 is 0. The van der Waals surface area contributed by atoms with E-state index in [2.05, 4.69) is 5.32 Å². The van der Waals surface area contributed by atoms with Gasteiger partial charge >= 0.3 is 6.09 Å². The van der Waals surface area contributed by atoms with Crippen molar-refractivity contribution in [3.8, 4) is 0 Å².